The van der Waals surface area contributed by atoms with E-state index in [1.807, 2.05) is 19.1 Å². The molecule has 26 heavy (non-hydrogen) atoms. The number of phenolic OH excluding ortho intramolecular Hbond substituents is 1. The Bertz CT molecular complexity index is 893. The number of anilines is 1. The molecule has 2 aliphatic rings. The fourth-order valence-corrected chi connectivity index (χ4v) is 5.60. The molecular formula is C19H22BrN3O2S. The van der Waals surface area contributed by atoms with Gasteiger partial charge in [0.15, 0.2) is 0 Å². The summed E-state index contributed by atoms with van der Waals surface area (Å²) in [5, 5.41) is 17.8. The van der Waals surface area contributed by atoms with Crippen LogP contribution in [0.5, 0.6) is 5.75 Å². The molecule has 0 radical (unpaired) electrons. The molecule has 0 fully saturated rings. The summed E-state index contributed by atoms with van der Waals surface area (Å²) >= 11 is 5.14. The van der Waals surface area contributed by atoms with Gasteiger partial charge in [0.05, 0.1) is 5.56 Å². The second kappa shape index (κ2) is 6.55. The first kappa shape index (κ1) is 17.8. The van der Waals surface area contributed by atoms with Gasteiger partial charge in [0.25, 0.3) is 5.91 Å². The van der Waals surface area contributed by atoms with E-state index in [-0.39, 0.29) is 11.7 Å². The van der Waals surface area contributed by atoms with Gasteiger partial charge in [-0.15, -0.1) is 11.3 Å². The van der Waals surface area contributed by atoms with Crippen molar-refractivity contribution in [1.29, 1.82) is 0 Å². The number of fused-ring (bicyclic) bond motifs is 3. The minimum absolute atomic E-state index is 0.0590. The maximum absolute atomic E-state index is 12.8. The van der Waals surface area contributed by atoms with Crippen LogP contribution in [0, 0.1) is 6.92 Å². The molecule has 2 aromatic rings. The summed E-state index contributed by atoms with van der Waals surface area (Å²) in [6, 6.07) is 4.21. The van der Waals surface area contributed by atoms with Crippen molar-refractivity contribution in [1.82, 2.24) is 10.2 Å². The molecule has 7 heteroatoms. The fourth-order valence-electron chi connectivity index (χ4n) is 3.71. The van der Waals surface area contributed by atoms with Crippen molar-refractivity contribution in [2.24, 2.45) is 0 Å². The number of halogens is 1. The lowest BCUT2D eigenvalue weighted by molar-refractivity contribution is 0.0934. The number of carbonyl (C=O) groups is 1. The largest absolute Gasteiger partial charge is 0.507 e. The first-order valence-corrected chi connectivity index (χ1v) is 10.4. The Labute approximate surface area is 165 Å². The molecule has 1 aromatic carbocycles. The average molecular weight is 436 g/mol. The molecule has 1 amide bonds. The Hall–Kier alpha value is -1.57. The van der Waals surface area contributed by atoms with E-state index in [2.05, 4.69) is 45.3 Å². The van der Waals surface area contributed by atoms with Crippen LogP contribution in [-0.4, -0.2) is 28.5 Å². The van der Waals surface area contributed by atoms with Crippen molar-refractivity contribution < 1.29 is 9.90 Å². The third kappa shape index (κ3) is 2.92. The first-order chi connectivity index (χ1) is 12.3. The number of hydrogen-bond acceptors (Lipinski definition) is 5. The lowest BCUT2D eigenvalue weighted by Crippen LogP contribution is -2.39. The molecule has 4 rings (SSSR count). The topological polar surface area (TPSA) is 64.6 Å². The standard InChI is InChI=1S/C19H22BrN3O2S/c1-9(2)23-5-4-12-14(8-23)26-19-15(12)18(25)21-17(22-19)13-7-11(20)6-10(3)16(13)24/h6-7,9,17,22,24H,4-5,8H2,1-3H3,(H,21,25)/t17-/m0/s1. The Morgan fingerprint density at radius 1 is 1.35 bits per heavy atom. The quantitative estimate of drug-likeness (QED) is 0.662. The monoisotopic (exact) mass is 435 g/mol. The van der Waals surface area contributed by atoms with E-state index in [0.29, 0.717) is 11.6 Å². The average Bonchev–Trinajstić information content (AvgIpc) is 2.95. The van der Waals surface area contributed by atoms with E-state index in [1.165, 1.54) is 10.4 Å². The molecule has 0 saturated heterocycles. The molecule has 0 bridgehead atoms. The highest BCUT2D eigenvalue weighted by Gasteiger charge is 2.34. The van der Waals surface area contributed by atoms with Gasteiger partial charge >= 0.3 is 0 Å². The number of aryl methyl sites for hydroxylation is 1. The predicted molar refractivity (Wildman–Crippen MR) is 108 cm³/mol. The summed E-state index contributed by atoms with van der Waals surface area (Å²) in [5.41, 5.74) is 3.41. The molecule has 3 N–H and O–H groups in total. The molecule has 0 aliphatic carbocycles. The van der Waals surface area contributed by atoms with Crippen LogP contribution >= 0.6 is 27.3 Å². The van der Waals surface area contributed by atoms with Crippen molar-refractivity contribution in [3.63, 3.8) is 0 Å². The van der Waals surface area contributed by atoms with Gasteiger partial charge in [-0.2, -0.15) is 0 Å². The number of rotatable bonds is 2. The van der Waals surface area contributed by atoms with Crippen molar-refractivity contribution in [3.8, 4) is 5.75 Å². The minimum atomic E-state index is -0.437. The van der Waals surface area contributed by atoms with Crippen LogP contribution in [0.1, 0.15) is 51.9 Å². The van der Waals surface area contributed by atoms with E-state index in [9.17, 15) is 9.90 Å². The number of benzene rings is 1. The summed E-state index contributed by atoms with van der Waals surface area (Å²) in [5.74, 6) is 0.151. The van der Waals surface area contributed by atoms with Crippen molar-refractivity contribution in [2.75, 3.05) is 11.9 Å². The zero-order valence-electron chi connectivity index (χ0n) is 15.0. The molecule has 0 unspecified atom stereocenters. The Morgan fingerprint density at radius 3 is 2.85 bits per heavy atom. The van der Waals surface area contributed by atoms with Crippen LogP contribution in [0.2, 0.25) is 0 Å². The Morgan fingerprint density at radius 2 is 2.12 bits per heavy atom. The van der Waals surface area contributed by atoms with Crippen molar-refractivity contribution >= 4 is 38.2 Å². The summed E-state index contributed by atoms with van der Waals surface area (Å²) in [4.78, 5) is 16.6. The molecule has 1 atom stereocenters. The maximum atomic E-state index is 12.8. The lowest BCUT2D eigenvalue weighted by atomic mass is 9.99. The molecule has 3 heterocycles. The molecular weight excluding hydrogens is 414 g/mol. The number of thiophene rings is 1. The molecule has 138 valence electrons. The van der Waals surface area contributed by atoms with E-state index in [1.54, 1.807) is 11.3 Å². The van der Waals surface area contributed by atoms with Crippen LogP contribution in [0.15, 0.2) is 16.6 Å². The Balaban J connectivity index is 1.69. The summed E-state index contributed by atoms with van der Waals surface area (Å²) < 4.78 is 0.877. The van der Waals surface area contributed by atoms with Gasteiger partial charge in [-0.3, -0.25) is 9.69 Å². The Kier molecular flexibility index (Phi) is 4.49. The highest BCUT2D eigenvalue weighted by molar-refractivity contribution is 9.10. The van der Waals surface area contributed by atoms with E-state index >= 15 is 0 Å². The molecule has 5 nitrogen and oxygen atoms in total. The number of carbonyl (C=O) groups excluding carboxylic acids is 1. The van der Waals surface area contributed by atoms with Crippen LogP contribution in [0.4, 0.5) is 5.00 Å². The number of nitrogens with zero attached hydrogens (tertiary/aromatic N) is 1. The normalized spacial score (nSPS) is 19.7. The van der Waals surface area contributed by atoms with Gasteiger partial charge in [-0.25, -0.2) is 0 Å². The van der Waals surface area contributed by atoms with Crippen LogP contribution in [0.3, 0.4) is 0 Å². The minimum Gasteiger partial charge on any atom is -0.507 e. The molecule has 1 aromatic heterocycles. The highest BCUT2D eigenvalue weighted by Crippen LogP contribution is 2.42. The van der Waals surface area contributed by atoms with Gasteiger partial charge in [-0.1, -0.05) is 15.9 Å². The summed E-state index contributed by atoms with van der Waals surface area (Å²) in [7, 11) is 0. The third-order valence-electron chi connectivity index (χ3n) is 5.20. The smallest absolute Gasteiger partial charge is 0.256 e. The van der Waals surface area contributed by atoms with Gasteiger partial charge in [0, 0.05) is 34.0 Å². The molecule has 0 saturated carbocycles. The summed E-state index contributed by atoms with van der Waals surface area (Å²) in [6.45, 7) is 8.14. The second-order valence-corrected chi connectivity index (χ2v) is 9.25. The van der Waals surface area contributed by atoms with Crippen LogP contribution in [-0.2, 0) is 13.0 Å². The van der Waals surface area contributed by atoms with Gasteiger partial charge in [-0.05, 0) is 50.5 Å². The van der Waals surface area contributed by atoms with Crippen molar-refractivity contribution in [3.05, 3.63) is 43.7 Å². The number of phenols is 1. The molecule has 2 aliphatic heterocycles. The van der Waals surface area contributed by atoms with E-state index in [0.717, 1.165) is 40.1 Å². The number of nitrogens with one attached hydrogen (secondary N) is 2. The lowest BCUT2D eigenvalue weighted by Gasteiger charge is -2.31. The van der Waals surface area contributed by atoms with Crippen LogP contribution < -0.4 is 10.6 Å². The van der Waals surface area contributed by atoms with Crippen LogP contribution in [0.25, 0.3) is 0 Å². The number of aromatic hydroxyl groups is 1. The molecule has 0 spiro atoms. The SMILES string of the molecule is Cc1cc(Br)cc([C@H]2NC(=O)c3c(sc4c3CCN(C(C)C)C4)N2)c1O. The van der Waals surface area contributed by atoms with Gasteiger partial charge in [0.1, 0.15) is 16.9 Å². The van der Waals surface area contributed by atoms with E-state index in [4.69, 9.17) is 0 Å². The third-order valence-corrected chi connectivity index (χ3v) is 6.81. The second-order valence-electron chi connectivity index (χ2n) is 7.23. The van der Waals surface area contributed by atoms with E-state index < -0.39 is 6.17 Å². The van der Waals surface area contributed by atoms with Gasteiger partial charge < -0.3 is 15.7 Å². The first-order valence-electron chi connectivity index (χ1n) is 8.80. The highest BCUT2D eigenvalue weighted by atomic mass is 79.9. The zero-order valence-corrected chi connectivity index (χ0v) is 17.4. The number of hydrogen-bond donors (Lipinski definition) is 3. The van der Waals surface area contributed by atoms with Crippen molar-refractivity contribution in [2.45, 2.75) is 45.9 Å². The number of amides is 1. The van der Waals surface area contributed by atoms with Gasteiger partial charge in [0.2, 0.25) is 0 Å². The summed E-state index contributed by atoms with van der Waals surface area (Å²) in [6.07, 6.45) is 0.466. The maximum Gasteiger partial charge on any atom is 0.256 e. The predicted octanol–water partition coefficient (Wildman–Crippen LogP) is 4.15. The fraction of sp³-hybridized carbons (Fsp3) is 0.421. The zero-order chi connectivity index (χ0) is 18.6.